The second-order valence-electron chi connectivity index (χ2n) is 7.35. The summed E-state index contributed by atoms with van der Waals surface area (Å²) >= 11 is 0. The molecule has 4 heterocycles. The molecule has 0 aliphatic carbocycles. The van der Waals surface area contributed by atoms with E-state index >= 15 is 0 Å². The summed E-state index contributed by atoms with van der Waals surface area (Å²) in [5.41, 5.74) is 1.16. The van der Waals surface area contributed by atoms with Gasteiger partial charge >= 0.3 is 0 Å². The van der Waals surface area contributed by atoms with E-state index in [1.807, 2.05) is 30.1 Å². The highest BCUT2D eigenvalue weighted by Gasteiger charge is 2.42. The van der Waals surface area contributed by atoms with E-state index in [4.69, 9.17) is 9.47 Å². The number of hydrogen-bond donors (Lipinski definition) is 1. The van der Waals surface area contributed by atoms with Gasteiger partial charge in [0, 0.05) is 50.8 Å². The zero-order valence-corrected chi connectivity index (χ0v) is 15.5. The Morgan fingerprint density at radius 2 is 2.15 bits per heavy atom. The van der Waals surface area contributed by atoms with Gasteiger partial charge in [0.05, 0.1) is 25.4 Å². The molecule has 2 fully saturated rings. The average molecular weight is 357 g/mol. The molecule has 2 aliphatic rings. The van der Waals surface area contributed by atoms with Crippen LogP contribution < -0.4 is 10.1 Å². The van der Waals surface area contributed by atoms with Crippen molar-refractivity contribution in [3.05, 3.63) is 36.3 Å². The van der Waals surface area contributed by atoms with Gasteiger partial charge in [-0.15, -0.1) is 0 Å². The molecule has 7 nitrogen and oxygen atoms in total. The topological polar surface area (TPSA) is 64.4 Å². The Morgan fingerprint density at radius 3 is 2.88 bits per heavy atom. The molecule has 0 bridgehead atoms. The number of likely N-dealkylation sites (tertiary alicyclic amines) is 1. The predicted molar refractivity (Wildman–Crippen MR) is 99.2 cm³/mol. The van der Waals surface area contributed by atoms with Crippen molar-refractivity contribution in [1.29, 1.82) is 0 Å². The van der Waals surface area contributed by atoms with Crippen LogP contribution in [0.5, 0.6) is 5.88 Å². The summed E-state index contributed by atoms with van der Waals surface area (Å²) in [7, 11) is 3.68. The van der Waals surface area contributed by atoms with Crippen LogP contribution in [-0.4, -0.2) is 57.9 Å². The van der Waals surface area contributed by atoms with Crippen molar-refractivity contribution in [2.45, 2.75) is 37.5 Å². The number of imidazole rings is 1. The number of pyridine rings is 1. The summed E-state index contributed by atoms with van der Waals surface area (Å²) in [5.74, 6) is 1.64. The van der Waals surface area contributed by atoms with E-state index in [-0.39, 0.29) is 5.60 Å². The first-order chi connectivity index (χ1) is 12.7. The lowest BCUT2D eigenvalue weighted by Gasteiger charge is -2.38. The number of nitrogens with one attached hydrogen (secondary N) is 1. The Hall–Kier alpha value is -2.12. The normalized spacial score (nSPS) is 22.6. The van der Waals surface area contributed by atoms with Crippen LogP contribution in [0.2, 0.25) is 0 Å². The van der Waals surface area contributed by atoms with E-state index < -0.39 is 0 Å². The van der Waals surface area contributed by atoms with Gasteiger partial charge < -0.3 is 19.4 Å². The summed E-state index contributed by atoms with van der Waals surface area (Å²) < 4.78 is 13.6. The fourth-order valence-corrected chi connectivity index (χ4v) is 4.06. The number of methoxy groups -OCH3 is 1. The number of anilines is 1. The molecule has 0 radical (unpaired) electrons. The van der Waals surface area contributed by atoms with Gasteiger partial charge in [-0.3, -0.25) is 4.90 Å². The minimum atomic E-state index is 0.0123. The minimum Gasteiger partial charge on any atom is -0.481 e. The first kappa shape index (κ1) is 17.3. The molecule has 2 aliphatic heterocycles. The van der Waals surface area contributed by atoms with E-state index in [2.05, 4.69) is 26.3 Å². The van der Waals surface area contributed by atoms with Gasteiger partial charge in [0.1, 0.15) is 0 Å². The molecule has 1 atom stereocenters. The zero-order valence-electron chi connectivity index (χ0n) is 15.5. The van der Waals surface area contributed by atoms with Gasteiger partial charge in [-0.05, 0) is 25.3 Å². The Kier molecular flexibility index (Phi) is 4.82. The molecule has 1 unspecified atom stereocenters. The Labute approximate surface area is 154 Å². The molecule has 0 amide bonds. The minimum absolute atomic E-state index is 0.0123. The molecule has 2 aromatic heterocycles. The second-order valence-corrected chi connectivity index (χ2v) is 7.35. The van der Waals surface area contributed by atoms with Crippen LogP contribution in [-0.2, 0) is 18.3 Å². The third-order valence-corrected chi connectivity index (χ3v) is 5.57. The number of piperidine rings is 1. The summed E-state index contributed by atoms with van der Waals surface area (Å²) in [6, 6.07) is 4.40. The molecule has 0 saturated carbocycles. The number of aryl methyl sites for hydroxylation is 1. The van der Waals surface area contributed by atoms with Crippen LogP contribution in [0.3, 0.4) is 0 Å². The first-order valence-corrected chi connectivity index (χ1v) is 9.25. The molecule has 1 spiro atoms. The van der Waals surface area contributed by atoms with Crippen molar-refractivity contribution in [3.8, 4) is 5.88 Å². The average Bonchev–Trinajstić information content (AvgIpc) is 3.25. The molecular formula is C19H27N5O2. The lowest BCUT2D eigenvalue weighted by atomic mass is 9.87. The quantitative estimate of drug-likeness (QED) is 0.884. The van der Waals surface area contributed by atoms with Gasteiger partial charge in [0.2, 0.25) is 11.8 Å². The van der Waals surface area contributed by atoms with Crippen molar-refractivity contribution in [3.63, 3.8) is 0 Å². The summed E-state index contributed by atoms with van der Waals surface area (Å²) in [6.07, 6.45) is 8.72. The highest BCUT2D eigenvalue weighted by Crippen LogP contribution is 2.37. The van der Waals surface area contributed by atoms with Gasteiger partial charge in [0.25, 0.3) is 0 Å². The predicted octanol–water partition coefficient (Wildman–Crippen LogP) is 2.06. The molecule has 2 aromatic rings. The molecule has 1 N–H and O–H groups in total. The lowest BCUT2D eigenvalue weighted by molar-refractivity contribution is -0.0449. The van der Waals surface area contributed by atoms with Crippen molar-refractivity contribution in [1.82, 2.24) is 19.4 Å². The van der Waals surface area contributed by atoms with Crippen LogP contribution in [0, 0.1) is 0 Å². The highest BCUT2D eigenvalue weighted by molar-refractivity contribution is 5.28. The maximum absolute atomic E-state index is 6.26. The standard InChI is InChI=1S/C19H27N5O2/c1-23-11-8-21-18(23)22-16-12-19(26-14-16)5-9-24(10-6-19)13-15-4-3-7-20-17(15)25-2/h3-4,7-8,11,16H,5-6,9-10,12-14H2,1-2H3,(H,21,22). The van der Waals surface area contributed by atoms with Gasteiger partial charge in [-0.25, -0.2) is 9.97 Å². The Morgan fingerprint density at radius 1 is 1.31 bits per heavy atom. The third kappa shape index (κ3) is 3.54. The molecule has 140 valence electrons. The van der Waals surface area contributed by atoms with Gasteiger partial charge in [-0.2, -0.15) is 0 Å². The van der Waals surface area contributed by atoms with Crippen molar-refractivity contribution in [2.75, 3.05) is 32.1 Å². The largest absolute Gasteiger partial charge is 0.481 e. The number of hydrogen-bond acceptors (Lipinski definition) is 6. The Bertz CT molecular complexity index is 739. The van der Waals surface area contributed by atoms with E-state index in [0.29, 0.717) is 6.04 Å². The van der Waals surface area contributed by atoms with Gasteiger partial charge in [-0.1, -0.05) is 6.07 Å². The van der Waals surface area contributed by atoms with E-state index in [0.717, 1.165) is 62.9 Å². The second kappa shape index (κ2) is 7.25. The lowest BCUT2D eigenvalue weighted by Crippen LogP contribution is -2.44. The fourth-order valence-electron chi connectivity index (χ4n) is 4.06. The van der Waals surface area contributed by atoms with Crippen molar-refractivity contribution in [2.24, 2.45) is 7.05 Å². The SMILES string of the molecule is COc1ncccc1CN1CCC2(CC1)CC(Nc1nccn1C)CO2. The molecule has 2 saturated heterocycles. The van der Waals surface area contributed by atoms with Crippen LogP contribution in [0.1, 0.15) is 24.8 Å². The van der Waals surface area contributed by atoms with Crippen molar-refractivity contribution < 1.29 is 9.47 Å². The first-order valence-electron chi connectivity index (χ1n) is 9.25. The molecule has 4 rings (SSSR count). The number of aromatic nitrogens is 3. The smallest absolute Gasteiger partial charge is 0.217 e. The summed E-state index contributed by atoms with van der Waals surface area (Å²) in [6.45, 7) is 3.70. The fraction of sp³-hybridized carbons (Fsp3) is 0.579. The monoisotopic (exact) mass is 357 g/mol. The number of nitrogens with zero attached hydrogens (tertiary/aromatic N) is 4. The summed E-state index contributed by atoms with van der Waals surface area (Å²) in [5, 5.41) is 3.52. The van der Waals surface area contributed by atoms with E-state index in [1.165, 1.54) is 0 Å². The van der Waals surface area contributed by atoms with E-state index in [1.54, 1.807) is 13.3 Å². The van der Waals surface area contributed by atoms with Crippen LogP contribution in [0.25, 0.3) is 0 Å². The molecule has 7 heteroatoms. The van der Waals surface area contributed by atoms with Crippen LogP contribution >= 0.6 is 0 Å². The number of rotatable bonds is 5. The zero-order chi connectivity index (χ0) is 18.0. The Balaban J connectivity index is 1.31. The van der Waals surface area contributed by atoms with Gasteiger partial charge in [0.15, 0.2) is 0 Å². The molecular weight excluding hydrogens is 330 g/mol. The van der Waals surface area contributed by atoms with E-state index in [9.17, 15) is 0 Å². The van der Waals surface area contributed by atoms with Crippen LogP contribution in [0.4, 0.5) is 5.95 Å². The highest BCUT2D eigenvalue weighted by atomic mass is 16.5. The maximum Gasteiger partial charge on any atom is 0.217 e. The third-order valence-electron chi connectivity index (χ3n) is 5.57. The van der Waals surface area contributed by atoms with Crippen molar-refractivity contribution >= 4 is 5.95 Å². The van der Waals surface area contributed by atoms with Crippen LogP contribution in [0.15, 0.2) is 30.7 Å². The maximum atomic E-state index is 6.26. The summed E-state index contributed by atoms with van der Waals surface area (Å²) in [4.78, 5) is 11.1. The number of ether oxygens (including phenoxy) is 2. The molecule has 0 aromatic carbocycles. The molecule has 26 heavy (non-hydrogen) atoms.